The highest BCUT2D eigenvalue weighted by atomic mass is 35.5. The molecular formula is C21H25ClN6O6S. The number of pyridine rings is 2. The molecule has 2 N–H and O–H groups in total. The van der Waals surface area contributed by atoms with Crippen molar-refractivity contribution in [2.24, 2.45) is 5.92 Å². The quantitative estimate of drug-likeness (QED) is 0.553. The van der Waals surface area contributed by atoms with Crippen molar-refractivity contribution in [3.63, 3.8) is 0 Å². The van der Waals surface area contributed by atoms with Crippen LogP contribution >= 0.6 is 11.6 Å². The molecule has 4 rings (SSSR count). The summed E-state index contributed by atoms with van der Waals surface area (Å²) in [5.41, 5.74) is -1.66. The number of carbonyl (C=O) groups is 2. The van der Waals surface area contributed by atoms with Crippen LogP contribution < -0.4 is 19.9 Å². The van der Waals surface area contributed by atoms with E-state index in [-0.39, 0.29) is 17.5 Å². The average Bonchev–Trinajstić information content (AvgIpc) is 3.18. The van der Waals surface area contributed by atoms with Crippen molar-refractivity contribution >= 4 is 45.4 Å². The van der Waals surface area contributed by atoms with Crippen LogP contribution in [0.15, 0.2) is 36.7 Å². The van der Waals surface area contributed by atoms with Gasteiger partial charge in [-0.2, -0.15) is 8.42 Å². The molecule has 12 nitrogen and oxygen atoms in total. The first-order chi connectivity index (χ1) is 16.5. The standard InChI is InChI=1S/C21H25ClN6O6S/c1-13(2)18-19(29)28(20(25-18)35(31,32)33)17-6-4-15(12-24-17)34-21(30)27-9-7-26(8-10-27)16-5-3-14(22)11-23-16/h3-6,11-13,18,20,25H,7-10H2,1-2H3,(H,31,32,33). The summed E-state index contributed by atoms with van der Waals surface area (Å²) in [7, 11) is -4.62. The number of hydrogen-bond acceptors (Lipinski definition) is 9. The van der Waals surface area contributed by atoms with E-state index in [9.17, 15) is 22.6 Å². The second-order valence-corrected chi connectivity index (χ2v) is 10.4. The molecule has 2 amide bonds. The lowest BCUT2D eigenvalue weighted by atomic mass is 10.1. The summed E-state index contributed by atoms with van der Waals surface area (Å²) in [6.45, 7) is 5.49. The normalized spacial score (nSPS) is 21.1. The summed E-state index contributed by atoms with van der Waals surface area (Å²) in [6, 6.07) is 5.54. The molecule has 2 atom stereocenters. The molecule has 14 heteroatoms. The van der Waals surface area contributed by atoms with Crippen molar-refractivity contribution in [2.75, 3.05) is 36.0 Å². The smallest absolute Gasteiger partial charge is 0.409 e. The van der Waals surface area contributed by atoms with Gasteiger partial charge in [0.25, 0.3) is 0 Å². The summed E-state index contributed by atoms with van der Waals surface area (Å²) >= 11 is 5.88. The second kappa shape index (κ2) is 9.93. The molecule has 2 saturated heterocycles. The largest absolute Gasteiger partial charge is 0.415 e. The first-order valence-electron chi connectivity index (χ1n) is 10.9. The van der Waals surface area contributed by atoms with E-state index < -0.39 is 33.7 Å². The lowest BCUT2D eigenvalue weighted by Crippen LogP contribution is -2.49. The minimum atomic E-state index is -4.62. The van der Waals surface area contributed by atoms with Gasteiger partial charge in [0.1, 0.15) is 11.6 Å². The molecule has 2 aliphatic heterocycles. The van der Waals surface area contributed by atoms with Crippen LogP contribution in [0, 0.1) is 5.92 Å². The minimum absolute atomic E-state index is 0.00264. The van der Waals surface area contributed by atoms with Gasteiger partial charge in [0, 0.05) is 32.4 Å². The van der Waals surface area contributed by atoms with Crippen LogP contribution in [-0.4, -0.2) is 77.6 Å². The fraction of sp³-hybridized carbons (Fsp3) is 0.429. The molecule has 0 aliphatic carbocycles. The third kappa shape index (κ3) is 5.48. The Morgan fingerprint density at radius 3 is 2.31 bits per heavy atom. The Kier molecular flexibility index (Phi) is 7.12. The molecule has 2 aromatic rings. The monoisotopic (exact) mass is 524 g/mol. The van der Waals surface area contributed by atoms with Gasteiger partial charge in [-0.1, -0.05) is 25.4 Å². The van der Waals surface area contributed by atoms with Crippen LogP contribution in [0.4, 0.5) is 16.4 Å². The number of anilines is 2. The zero-order valence-electron chi connectivity index (χ0n) is 19.0. The van der Waals surface area contributed by atoms with Crippen molar-refractivity contribution in [2.45, 2.75) is 25.4 Å². The number of halogens is 1. The van der Waals surface area contributed by atoms with E-state index in [1.807, 2.05) is 11.0 Å². The highest BCUT2D eigenvalue weighted by Crippen LogP contribution is 2.27. The van der Waals surface area contributed by atoms with E-state index in [2.05, 4.69) is 15.3 Å². The topological polar surface area (TPSA) is 145 Å². The van der Waals surface area contributed by atoms with Gasteiger partial charge in [-0.05, 0) is 30.2 Å². The number of nitrogens with zero attached hydrogens (tertiary/aromatic N) is 5. The predicted octanol–water partition coefficient (Wildman–Crippen LogP) is 1.58. The fourth-order valence-corrected chi connectivity index (χ4v) is 4.82. The highest BCUT2D eigenvalue weighted by molar-refractivity contribution is 7.86. The number of piperazine rings is 1. The first-order valence-corrected chi connectivity index (χ1v) is 12.8. The molecule has 2 fully saturated rings. The molecule has 2 aromatic heterocycles. The molecule has 0 saturated carbocycles. The van der Waals surface area contributed by atoms with Gasteiger partial charge in [0.05, 0.1) is 17.3 Å². The summed E-state index contributed by atoms with van der Waals surface area (Å²) in [5.74, 6) is 0.151. The fourth-order valence-electron chi connectivity index (χ4n) is 3.91. The number of aromatic nitrogens is 2. The lowest BCUT2D eigenvalue weighted by Gasteiger charge is -2.34. The Labute approximate surface area is 207 Å². The molecule has 2 unspecified atom stereocenters. The maximum absolute atomic E-state index is 12.8. The molecule has 0 radical (unpaired) electrons. The van der Waals surface area contributed by atoms with Gasteiger partial charge in [-0.3, -0.25) is 19.6 Å². The zero-order valence-corrected chi connectivity index (χ0v) is 20.6. The van der Waals surface area contributed by atoms with Crippen LogP contribution in [0.25, 0.3) is 0 Å². The number of ether oxygens (including phenoxy) is 1. The maximum Gasteiger partial charge on any atom is 0.415 e. The van der Waals surface area contributed by atoms with Crippen molar-refractivity contribution in [3.8, 4) is 5.75 Å². The molecule has 188 valence electrons. The molecule has 2 aliphatic rings. The van der Waals surface area contributed by atoms with Gasteiger partial charge in [0.15, 0.2) is 5.75 Å². The third-order valence-corrected chi connectivity index (χ3v) is 6.89. The Morgan fingerprint density at radius 2 is 1.77 bits per heavy atom. The second-order valence-electron chi connectivity index (χ2n) is 8.49. The van der Waals surface area contributed by atoms with Gasteiger partial charge < -0.3 is 14.5 Å². The molecule has 35 heavy (non-hydrogen) atoms. The Balaban J connectivity index is 1.39. The molecule has 0 aromatic carbocycles. The summed E-state index contributed by atoms with van der Waals surface area (Å²) in [6.07, 6.45) is 2.23. The van der Waals surface area contributed by atoms with Gasteiger partial charge in [0.2, 0.25) is 11.4 Å². The highest BCUT2D eigenvalue weighted by Gasteiger charge is 2.47. The molecule has 0 spiro atoms. The third-order valence-electron chi connectivity index (χ3n) is 5.76. The predicted molar refractivity (Wildman–Crippen MR) is 128 cm³/mol. The van der Waals surface area contributed by atoms with Crippen LogP contribution in [0.1, 0.15) is 13.8 Å². The summed E-state index contributed by atoms with van der Waals surface area (Å²) in [4.78, 5) is 38.2. The van der Waals surface area contributed by atoms with Gasteiger partial charge >= 0.3 is 16.2 Å². The van der Waals surface area contributed by atoms with Crippen molar-refractivity contribution < 1.29 is 27.3 Å². The number of amides is 2. The van der Waals surface area contributed by atoms with E-state index in [0.717, 1.165) is 10.7 Å². The number of hydrogen-bond donors (Lipinski definition) is 2. The van der Waals surface area contributed by atoms with E-state index in [4.69, 9.17) is 16.3 Å². The summed E-state index contributed by atoms with van der Waals surface area (Å²) < 4.78 is 38.6. The maximum atomic E-state index is 12.8. The lowest BCUT2D eigenvalue weighted by molar-refractivity contribution is -0.119. The first kappa shape index (κ1) is 25.1. The number of carbonyl (C=O) groups excluding carboxylic acids is 2. The van der Waals surface area contributed by atoms with Crippen LogP contribution in [-0.2, 0) is 14.9 Å². The van der Waals surface area contributed by atoms with Crippen LogP contribution in [0.5, 0.6) is 5.75 Å². The van der Waals surface area contributed by atoms with Crippen molar-refractivity contribution in [3.05, 3.63) is 41.7 Å². The average molecular weight is 525 g/mol. The van der Waals surface area contributed by atoms with E-state index in [1.54, 1.807) is 31.0 Å². The van der Waals surface area contributed by atoms with Crippen LogP contribution in [0.3, 0.4) is 0 Å². The zero-order chi connectivity index (χ0) is 25.3. The Morgan fingerprint density at radius 1 is 1.11 bits per heavy atom. The van der Waals surface area contributed by atoms with E-state index in [1.165, 1.54) is 18.3 Å². The summed E-state index contributed by atoms with van der Waals surface area (Å²) in [5, 5.41) is 3.18. The van der Waals surface area contributed by atoms with E-state index >= 15 is 0 Å². The SMILES string of the molecule is CC(C)C1NC(S(=O)(=O)O)N(c2ccc(OC(=O)N3CCN(c4ccc(Cl)cn4)CC3)cn2)C1=O. The Hall–Kier alpha value is -3.00. The van der Waals surface area contributed by atoms with E-state index in [0.29, 0.717) is 31.2 Å². The minimum Gasteiger partial charge on any atom is -0.409 e. The molecule has 4 heterocycles. The molecule has 0 bridgehead atoms. The van der Waals surface area contributed by atoms with Crippen molar-refractivity contribution in [1.82, 2.24) is 20.2 Å². The van der Waals surface area contributed by atoms with Crippen LogP contribution in [0.2, 0.25) is 5.02 Å². The van der Waals surface area contributed by atoms with Gasteiger partial charge in [-0.25, -0.2) is 14.8 Å². The number of rotatable bonds is 5. The Bertz CT molecular complexity index is 1190. The van der Waals surface area contributed by atoms with Gasteiger partial charge in [-0.15, -0.1) is 0 Å². The molecular weight excluding hydrogens is 500 g/mol. The number of nitrogens with one attached hydrogen (secondary N) is 1. The van der Waals surface area contributed by atoms with Crippen molar-refractivity contribution in [1.29, 1.82) is 0 Å².